The van der Waals surface area contributed by atoms with Crippen LogP contribution in [-0.4, -0.2) is 62.1 Å². The summed E-state index contributed by atoms with van der Waals surface area (Å²) in [5.41, 5.74) is 2.90. The number of nitrogens with one attached hydrogen (secondary N) is 1. The van der Waals surface area contributed by atoms with Crippen LogP contribution in [0.2, 0.25) is 0 Å². The van der Waals surface area contributed by atoms with Gasteiger partial charge in [0.25, 0.3) is 5.91 Å². The zero-order valence-corrected chi connectivity index (χ0v) is 18.8. The number of rotatable bonds is 7. The van der Waals surface area contributed by atoms with Crippen LogP contribution in [0.1, 0.15) is 17.5 Å². The van der Waals surface area contributed by atoms with Crippen LogP contribution in [0.25, 0.3) is 0 Å². The fraction of sp³-hybridized carbons (Fsp3) is 0.400. The van der Waals surface area contributed by atoms with Crippen molar-refractivity contribution in [2.75, 3.05) is 44.4 Å². The third-order valence-electron chi connectivity index (χ3n) is 5.96. The molecule has 0 radical (unpaired) electrons. The van der Waals surface area contributed by atoms with Crippen LogP contribution in [0.4, 0.5) is 5.69 Å². The van der Waals surface area contributed by atoms with Crippen molar-refractivity contribution in [1.29, 1.82) is 0 Å². The van der Waals surface area contributed by atoms with Gasteiger partial charge >= 0.3 is 0 Å². The van der Waals surface area contributed by atoms with Crippen molar-refractivity contribution in [1.82, 2.24) is 10.2 Å². The van der Waals surface area contributed by atoms with Gasteiger partial charge in [-0.25, -0.2) is 0 Å². The van der Waals surface area contributed by atoms with Crippen LogP contribution < -0.4 is 15.0 Å². The third-order valence-corrected chi connectivity index (χ3v) is 5.96. The Morgan fingerprint density at radius 1 is 1.06 bits per heavy atom. The largest absolute Gasteiger partial charge is 0.484 e. The van der Waals surface area contributed by atoms with E-state index in [2.05, 4.69) is 5.32 Å². The van der Waals surface area contributed by atoms with Gasteiger partial charge in [0.2, 0.25) is 11.8 Å². The number of ether oxygens (including phenoxy) is 2. The molecule has 0 bridgehead atoms. The molecule has 2 fully saturated rings. The van der Waals surface area contributed by atoms with Crippen molar-refractivity contribution in [2.24, 2.45) is 5.92 Å². The summed E-state index contributed by atoms with van der Waals surface area (Å²) in [5.74, 6) is -0.101. The molecule has 33 heavy (non-hydrogen) atoms. The topological polar surface area (TPSA) is 88.2 Å². The molecule has 2 aliphatic heterocycles. The molecule has 1 atom stereocenters. The summed E-state index contributed by atoms with van der Waals surface area (Å²) >= 11 is 0. The fourth-order valence-corrected chi connectivity index (χ4v) is 3.94. The number of aryl methyl sites for hydroxylation is 1. The molecule has 1 unspecified atom stereocenters. The maximum Gasteiger partial charge on any atom is 0.260 e. The van der Waals surface area contributed by atoms with Crippen molar-refractivity contribution >= 4 is 23.4 Å². The van der Waals surface area contributed by atoms with E-state index in [4.69, 9.17) is 9.47 Å². The van der Waals surface area contributed by atoms with E-state index in [1.54, 1.807) is 34.1 Å². The maximum atomic E-state index is 12.6. The SMILES string of the molecule is Cc1ccc(CNC(=O)C2CC(=O)N(c3ccc(OCC(=O)N4CCOCC4)cc3)C2)cc1. The molecule has 0 aliphatic carbocycles. The van der Waals surface area contributed by atoms with Gasteiger partial charge in [0.05, 0.1) is 19.1 Å². The molecule has 0 aromatic heterocycles. The smallest absolute Gasteiger partial charge is 0.260 e. The van der Waals surface area contributed by atoms with Crippen LogP contribution in [0, 0.1) is 12.8 Å². The lowest BCUT2D eigenvalue weighted by Gasteiger charge is -2.26. The number of benzene rings is 2. The predicted molar refractivity (Wildman–Crippen MR) is 123 cm³/mol. The molecule has 2 aromatic rings. The van der Waals surface area contributed by atoms with E-state index in [1.165, 1.54) is 5.56 Å². The molecular weight excluding hydrogens is 422 g/mol. The molecule has 0 saturated carbocycles. The minimum atomic E-state index is -0.384. The number of carbonyl (C=O) groups is 3. The molecule has 2 heterocycles. The van der Waals surface area contributed by atoms with Gasteiger partial charge in [-0.3, -0.25) is 14.4 Å². The third kappa shape index (κ3) is 5.90. The van der Waals surface area contributed by atoms with E-state index in [9.17, 15) is 14.4 Å². The molecule has 2 aliphatic rings. The van der Waals surface area contributed by atoms with E-state index in [-0.39, 0.29) is 36.7 Å². The number of hydrogen-bond acceptors (Lipinski definition) is 5. The highest BCUT2D eigenvalue weighted by Crippen LogP contribution is 2.27. The van der Waals surface area contributed by atoms with E-state index >= 15 is 0 Å². The summed E-state index contributed by atoms with van der Waals surface area (Å²) in [6.45, 7) is 5.03. The summed E-state index contributed by atoms with van der Waals surface area (Å²) in [4.78, 5) is 40.7. The van der Waals surface area contributed by atoms with Gasteiger partial charge in [0, 0.05) is 38.3 Å². The quantitative estimate of drug-likeness (QED) is 0.695. The Kier molecular flexibility index (Phi) is 7.24. The second-order valence-corrected chi connectivity index (χ2v) is 8.38. The lowest BCUT2D eigenvalue weighted by molar-refractivity contribution is -0.137. The minimum absolute atomic E-state index is 0.0365. The maximum absolute atomic E-state index is 12.6. The molecule has 3 amide bonds. The first-order valence-corrected chi connectivity index (χ1v) is 11.2. The molecule has 8 nitrogen and oxygen atoms in total. The van der Waals surface area contributed by atoms with Crippen molar-refractivity contribution in [2.45, 2.75) is 19.9 Å². The lowest BCUT2D eigenvalue weighted by atomic mass is 10.1. The Balaban J connectivity index is 1.27. The van der Waals surface area contributed by atoms with Gasteiger partial charge in [0.15, 0.2) is 6.61 Å². The van der Waals surface area contributed by atoms with Crippen molar-refractivity contribution in [3.8, 4) is 5.75 Å². The van der Waals surface area contributed by atoms with Crippen molar-refractivity contribution < 1.29 is 23.9 Å². The highest BCUT2D eigenvalue weighted by molar-refractivity contribution is 6.00. The highest BCUT2D eigenvalue weighted by atomic mass is 16.5. The summed E-state index contributed by atoms with van der Waals surface area (Å²) in [7, 11) is 0. The van der Waals surface area contributed by atoms with Gasteiger partial charge in [-0.15, -0.1) is 0 Å². The Hall–Kier alpha value is -3.39. The van der Waals surface area contributed by atoms with Crippen molar-refractivity contribution in [3.05, 3.63) is 59.7 Å². The molecule has 2 saturated heterocycles. The average Bonchev–Trinajstić information content (AvgIpc) is 3.24. The predicted octanol–water partition coefficient (Wildman–Crippen LogP) is 1.90. The molecule has 0 spiro atoms. The first-order chi connectivity index (χ1) is 16.0. The molecular formula is C25H29N3O5. The van der Waals surface area contributed by atoms with Crippen LogP contribution in [0.5, 0.6) is 5.75 Å². The van der Waals surface area contributed by atoms with Crippen molar-refractivity contribution in [3.63, 3.8) is 0 Å². The van der Waals surface area contributed by atoms with Gasteiger partial charge in [0.1, 0.15) is 5.75 Å². The summed E-state index contributed by atoms with van der Waals surface area (Å²) in [5, 5.41) is 2.93. The molecule has 1 N–H and O–H groups in total. The second-order valence-electron chi connectivity index (χ2n) is 8.38. The standard InChI is InChI=1S/C25H29N3O5/c1-18-2-4-19(5-3-18)15-26-25(31)20-14-23(29)28(16-20)21-6-8-22(9-7-21)33-17-24(30)27-10-12-32-13-11-27/h2-9,20H,10-17H2,1H3,(H,26,31). The van der Waals surface area contributed by atoms with Crippen LogP contribution in [0.3, 0.4) is 0 Å². The number of nitrogens with zero attached hydrogens (tertiary/aromatic N) is 2. The van der Waals surface area contributed by atoms with Gasteiger partial charge in [-0.2, -0.15) is 0 Å². The first kappa shape index (κ1) is 22.8. The zero-order valence-electron chi connectivity index (χ0n) is 18.8. The number of amides is 3. The van der Waals surface area contributed by atoms with Gasteiger partial charge < -0.3 is 24.6 Å². The molecule has 2 aromatic carbocycles. The number of morpholine rings is 1. The van der Waals surface area contributed by atoms with E-state index < -0.39 is 0 Å². The molecule has 4 rings (SSSR count). The Bertz CT molecular complexity index is 984. The monoisotopic (exact) mass is 451 g/mol. The molecule has 174 valence electrons. The van der Waals surface area contributed by atoms with E-state index in [1.807, 2.05) is 31.2 Å². The number of carbonyl (C=O) groups excluding carboxylic acids is 3. The minimum Gasteiger partial charge on any atom is -0.484 e. The Morgan fingerprint density at radius 2 is 1.76 bits per heavy atom. The summed E-state index contributed by atoms with van der Waals surface area (Å²) in [6.07, 6.45) is 0.187. The fourth-order valence-electron chi connectivity index (χ4n) is 3.94. The van der Waals surface area contributed by atoms with Crippen LogP contribution in [0.15, 0.2) is 48.5 Å². The number of hydrogen-bond donors (Lipinski definition) is 1. The van der Waals surface area contributed by atoms with Gasteiger partial charge in [-0.1, -0.05) is 29.8 Å². The highest BCUT2D eigenvalue weighted by Gasteiger charge is 2.35. The normalized spacial score (nSPS) is 18.3. The Morgan fingerprint density at radius 3 is 2.45 bits per heavy atom. The summed E-state index contributed by atoms with van der Waals surface area (Å²) < 4.78 is 10.9. The van der Waals surface area contributed by atoms with Gasteiger partial charge in [-0.05, 0) is 36.8 Å². The van der Waals surface area contributed by atoms with E-state index in [0.717, 1.165) is 5.56 Å². The van der Waals surface area contributed by atoms with Crippen LogP contribution in [-0.2, 0) is 25.7 Å². The summed E-state index contributed by atoms with van der Waals surface area (Å²) in [6, 6.07) is 15.0. The van der Waals surface area contributed by atoms with E-state index in [0.29, 0.717) is 50.8 Å². The number of anilines is 1. The average molecular weight is 452 g/mol. The second kappa shape index (κ2) is 10.5. The lowest BCUT2D eigenvalue weighted by Crippen LogP contribution is -2.42. The zero-order chi connectivity index (χ0) is 23.2. The van der Waals surface area contributed by atoms with Crippen LogP contribution >= 0.6 is 0 Å². The molecule has 8 heteroatoms. The first-order valence-electron chi connectivity index (χ1n) is 11.2. The Labute approximate surface area is 193 Å².